The molecule has 0 bridgehead atoms. The van der Waals surface area contributed by atoms with Gasteiger partial charge in [-0.3, -0.25) is 4.90 Å². The summed E-state index contributed by atoms with van der Waals surface area (Å²) in [7, 11) is 0. The van der Waals surface area contributed by atoms with Crippen LogP contribution in [0.25, 0.3) is 5.70 Å². The van der Waals surface area contributed by atoms with E-state index in [1.807, 2.05) is 6.33 Å². The number of allylic oxidation sites excluding steroid dienone is 2. The van der Waals surface area contributed by atoms with Crippen LogP contribution in [0.15, 0.2) is 42.7 Å². The van der Waals surface area contributed by atoms with Crippen molar-refractivity contribution in [3.8, 4) is 0 Å². The van der Waals surface area contributed by atoms with E-state index < -0.39 is 0 Å². The first-order valence-corrected chi connectivity index (χ1v) is 7.72. The fourth-order valence-electron chi connectivity index (χ4n) is 2.97. The van der Waals surface area contributed by atoms with Crippen LogP contribution in [0.2, 0.25) is 0 Å². The Bertz CT molecular complexity index is 625. The minimum Gasteiger partial charge on any atom is -0.307 e. The van der Waals surface area contributed by atoms with Gasteiger partial charge in [0.15, 0.2) is 0 Å². The average Bonchev–Trinajstić information content (AvgIpc) is 2.83. The largest absolute Gasteiger partial charge is 0.307 e. The van der Waals surface area contributed by atoms with Gasteiger partial charge in [0.1, 0.15) is 0 Å². The minimum absolute atomic E-state index is 1.04. The second-order valence-electron chi connectivity index (χ2n) is 5.70. The number of hydrogen-bond acceptors (Lipinski definition) is 2. The van der Waals surface area contributed by atoms with Crippen LogP contribution in [-0.2, 0) is 19.4 Å². The molecule has 0 aliphatic carbocycles. The molecule has 2 heterocycles. The Morgan fingerprint density at radius 2 is 1.95 bits per heavy atom. The van der Waals surface area contributed by atoms with Crippen molar-refractivity contribution in [2.24, 2.45) is 0 Å². The number of nitrogens with zero attached hydrogens (tertiary/aromatic N) is 3. The molecule has 0 radical (unpaired) electrons. The number of aromatic nitrogens is 2. The molecule has 3 heteroatoms. The molecule has 0 spiro atoms. The summed E-state index contributed by atoms with van der Waals surface area (Å²) >= 11 is 0. The van der Waals surface area contributed by atoms with Gasteiger partial charge in [-0.1, -0.05) is 36.4 Å². The minimum atomic E-state index is 1.04. The quantitative estimate of drug-likeness (QED) is 0.860. The standard InChI is InChI=1S/C18H23N3/c1-3-15(2)21-14-19-17-9-11-20(12-10-18(17)21)13-16-7-5-4-6-8-16/h3-8,14H,9-13H2,1-2H3. The van der Waals surface area contributed by atoms with Gasteiger partial charge in [-0.15, -0.1) is 0 Å². The summed E-state index contributed by atoms with van der Waals surface area (Å²) in [5.74, 6) is 0. The molecule has 110 valence electrons. The molecule has 3 rings (SSSR count). The zero-order valence-corrected chi connectivity index (χ0v) is 12.9. The van der Waals surface area contributed by atoms with Crippen LogP contribution < -0.4 is 0 Å². The zero-order chi connectivity index (χ0) is 14.7. The van der Waals surface area contributed by atoms with Crippen molar-refractivity contribution >= 4 is 5.70 Å². The van der Waals surface area contributed by atoms with Crippen LogP contribution in [0, 0.1) is 0 Å². The Hall–Kier alpha value is -1.87. The molecule has 0 saturated carbocycles. The summed E-state index contributed by atoms with van der Waals surface area (Å²) in [6.07, 6.45) is 6.25. The van der Waals surface area contributed by atoms with E-state index in [1.165, 1.54) is 22.6 Å². The van der Waals surface area contributed by atoms with Gasteiger partial charge < -0.3 is 4.57 Å². The van der Waals surface area contributed by atoms with Crippen LogP contribution in [0.3, 0.4) is 0 Å². The van der Waals surface area contributed by atoms with E-state index in [0.29, 0.717) is 0 Å². The van der Waals surface area contributed by atoms with E-state index >= 15 is 0 Å². The van der Waals surface area contributed by atoms with Crippen LogP contribution in [0.5, 0.6) is 0 Å². The van der Waals surface area contributed by atoms with Crippen molar-refractivity contribution in [1.29, 1.82) is 0 Å². The molecular weight excluding hydrogens is 258 g/mol. The lowest BCUT2D eigenvalue weighted by Crippen LogP contribution is -2.26. The van der Waals surface area contributed by atoms with E-state index in [-0.39, 0.29) is 0 Å². The summed E-state index contributed by atoms with van der Waals surface area (Å²) in [6, 6.07) is 10.7. The first-order chi connectivity index (χ1) is 10.3. The molecule has 21 heavy (non-hydrogen) atoms. The molecule has 0 fully saturated rings. The molecule has 2 aromatic rings. The summed E-state index contributed by atoms with van der Waals surface area (Å²) in [4.78, 5) is 7.16. The Morgan fingerprint density at radius 1 is 1.19 bits per heavy atom. The maximum Gasteiger partial charge on any atom is 0.0994 e. The number of fused-ring (bicyclic) bond motifs is 1. The third-order valence-electron chi connectivity index (χ3n) is 4.33. The topological polar surface area (TPSA) is 21.1 Å². The van der Waals surface area contributed by atoms with Gasteiger partial charge in [-0.2, -0.15) is 0 Å². The molecule has 1 aliphatic rings. The van der Waals surface area contributed by atoms with Crippen molar-refractivity contribution in [1.82, 2.24) is 14.5 Å². The summed E-state index contributed by atoms with van der Waals surface area (Å²) in [5, 5.41) is 0. The molecule has 0 unspecified atom stereocenters. The third-order valence-corrected chi connectivity index (χ3v) is 4.33. The fourth-order valence-corrected chi connectivity index (χ4v) is 2.97. The molecule has 1 aromatic heterocycles. The number of hydrogen-bond donors (Lipinski definition) is 0. The van der Waals surface area contributed by atoms with Crippen molar-refractivity contribution in [3.63, 3.8) is 0 Å². The average molecular weight is 281 g/mol. The van der Waals surface area contributed by atoms with Gasteiger partial charge in [-0.25, -0.2) is 4.98 Å². The predicted octanol–water partition coefficient (Wildman–Crippen LogP) is 3.36. The van der Waals surface area contributed by atoms with Crippen LogP contribution in [0.4, 0.5) is 0 Å². The Morgan fingerprint density at radius 3 is 2.71 bits per heavy atom. The van der Waals surface area contributed by atoms with Gasteiger partial charge in [-0.05, 0) is 19.4 Å². The maximum atomic E-state index is 4.62. The molecule has 0 atom stereocenters. The number of benzene rings is 1. The monoisotopic (exact) mass is 281 g/mol. The molecule has 1 aromatic carbocycles. The van der Waals surface area contributed by atoms with Gasteiger partial charge in [0.25, 0.3) is 0 Å². The van der Waals surface area contributed by atoms with Crippen LogP contribution in [-0.4, -0.2) is 27.5 Å². The normalized spacial score (nSPS) is 16.6. The van der Waals surface area contributed by atoms with E-state index in [9.17, 15) is 0 Å². The maximum absolute atomic E-state index is 4.62. The fraction of sp³-hybridized carbons (Fsp3) is 0.389. The van der Waals surface area contributed by atoms with Crippen molar-refractivity contribution in [3.05, 3.63) is 59.7 Å². The Kier molecular flexibility index (Phi) is 4.20. The molecule has 0 amide bonds. The van der Waals surface area contributed by atoms with Crippen LogP contribution in [0.1, 0.15) is 30.8 Å². The van der Waals surface area contributed by atoms with Crippen molar-refractivity contribution in [2.75, 3.05) is 13.1 Å². The van der Waals surface area contributed by atoms with E-state index in [4.69, 9.17) is 0 Å². The van der Waals surface area contributed by atoms with Crippen molar-refractivity contribution in [2.45, 2.75) is 33.2 Å². The summed E-state index contributed by atoms with van der Waals surface area (Å²) < 4.78 is 2.25. The third kappa shape index (κ3) is 3.08. The SMILES string of the molecule is CC=C(C)n1cnc2c1CCN(Cc1ccccc1)CC2. The summed E-state index contributed by atoms with van der Waals surface area (Å²) in [5.41, 5.74) is 5.32. The second kappa shape index (κ2) is 6.27. The Labute approximate surface area is 126 Å². The highest BCUT2D eigenvalue weighted by Crippen LogP contribution is 2.19. The highest BCUT2D eigenvalue weighted by atomic mass is 15.1. The van der Waals surface area contributed by atoms with Gasteiger partial charge in [0, 0.05) is 43.9 Å². The highest BCUT2D eigenvalue weighted by Gasteiger charge is 2.18. The first-order valence-electron chi connectivity index (χ1n) is 7.72. The predicted molar refractivity (Wildman–Crippen MR) is 87.0 cm³/mol. The second-order valence-corrected chi connectivity index (χ2v) is 5.70. The molecule has 1 aliphatic heterocycles. The summed E-state index contributed by atoms with van der Waals surface area (Å²) in [6.45, 7) is 7.46. The van der Waals surface area contributed by atoms with Gasteiger partial charge >= 0.3 is 0 Å². The Balaban J connectivity index is 1.72. The number of rotatable bonds is 3. The van der Waals surface area contributed by atoms with Gasteiger partial charge in [0.2, 0.25) is 0 Å². The van der Waals surface area contributed by atoms with E-state index in [1.54, 1.807) is 0 Å². The zero-order valence-electron chi connectivity index (χ0n) is 12.9. The smallest absolute Gasteiger partial charge is 0.0994 e. The molecular formula is C18H23N3. The first kappa shape index (κ1) is 14.1. The lowest BCUT2D eigenvalue weighted by Gasteiger charge is -2.19. The van der Waals surface area contributed by atoms with E-state index in [2.05, 4.69) is 64.7 Å². The van der Waals surface area contributed by atoms with E-state index in [0.717, 1.165) is 32.5 Å². The highest BCUT2D eigenvalue weighted by molar-refractivity contribution is 5.44. The molecule has 0 saturated heterocycles. The lowest BCUT2D eigenvalue weighted by molar-refractivity contribution is 0.278. The van der Waals surface area contributed by atoms with Crippen molar-refractivity contribution < 1.29 is 0 Å². The van der Waals surface area contributed by atoms with Crippen LogP contribution >= 0.6 is 0 Å². The number of imidazole rings is 1. The molecule has 3 nitrogen and oxygen atoms in total. The van der Waals surface area contributed by atoms with Gasteiger partial charge in [0.05, 0.1) is 12.0 Å². The lowest BCUT2D eigenvalue weighted by atomic mass is 10.2. The molecule has 0 N–H and O–H groups in total.